The molecule has 3 aliphatic heterocycles. The second-order valence-corrected chi connectivity index (χ2v) is 14.5. The number of likely N-dealkylation sites (N-methyl/N-ethyl adjacent to an activating group) is 1. The van der Waals surface area contributed by atoms with E-state index < -0.39 is 106 Å². The molecule has 2 saturated heterocycles. The summed E-state index contributed by atoms with van der Waals surface area (Å²) in [6, 6.07) is 2.05. The molecule has 270 valence electrons. The van der Waals surface area contributed by atoms with Crippen molar-refractivity contribution in [1.29, 1.82) is 0 Å². The Morgan fingerprint density at radius 2 is 1.72 bits per heavy atom. The van der Waals surface area contributed by atoms with Gasteiger partial charge < -0.3 is 59.2 Å². The number of ether oxygens (including phenoxy) is 5. The topological polar surface area (TPSA) is 222 Å². The Bertz CT molecular complexity index is 1790. The summed E-state index contributed by atoms with van der Waals surface area (Å²) < 4.78 is 29.2. The van der Waals surface area contributed by atoms with Crippen molar-refractivity contribution in [2.45, 2.75) is 106 Å². The number of phenols is 2. The molecular weight excluding hydrogens is 658 g/mol. The molecule has 15 heteroatoms. The number of esters is 1. The standard InChI is InChI=1S/C35H41NO14/c1-12-27(39)18(38)10-20(47-12)48-19-11-34(2,45)26(33(44)46-6)13-7-14-23(29(41)22(13)19)30(42)24-17(37)8-15-31(25(24)28(14)40)49-21-9-16(36(4)5)32(43)35(15,3)50-21/h7-8,12,16,18-21,26-27,32,37-39,41,43,45H,9-11H2,1-6H3. The summed E-state index contributed by atoms with van der Waals surface area (Å²) in [5, 5.41) is 66.9. The molecule has 50 heavy (non-hydrogen) atoms. The van der Waals surface area contributed by atoms with Crippen molar-refractivity contribution in [3.8, 4) is 17.2 Å². The third-order valence-electron chi connectivity index (χ3n) is 11.0. The van der Waals surface area contributed by atoms with Crippen LogP contribution in [0.15, 0.2) is 12.1 Å². The minimum atomic E-state index is -1.87. The molecule has 7 rings (SSSR count). The Morgan fingerprint density at radius 1 is 1.02 bits per heavy atom. The first-order valence-corrected chi connectivity index (χ1v) is 16.5. The van der Waals surface area contributed by atoms with Crippen LogP contribution in [0.5, 0.6) is 17.2 Å². The zero-order chi connectivity index (χ0) is 36.4. The van der Waals surface area contributed by atoms with E-state index in [2.05, 4.69) is 0 Å². The van der Waals surface area contributed by atoms with Crippen molar-refractivity contribution in [1.82, 2.24) is 4.90 Å². The van der Waals surface area contributed by atoms with Gasteiger partial charge in [-0.25, -0.2) is 0 Å². The van der Waals surface area contributed by atoms with Gasteiger partial charge in [0.05, 0.1) is 47.7 Å². The normalized spacial score (nSPS) is 37.3. The largest absolute Gasteiger partial charge is 0.507 e. The highest BCUT2D eigenvalue weighted by atomic mass is 16.7. The molecule has 15 nitrogen and oxygen atoms in total. The minimum absolute atomic E-state index is 0.0465. The number of benzene rings is 2. The predicted octanol–water partition coefficient (Wildman–Crippen LogP) is 0.844. The van der Waals surface area contributed by atoms with Gasteiger partial charge in [0.25, 0.3) is 0 Å². The molecule has 5 aliphatic rings. The Balaban J connectivity index is 1.40. The number of fused-ring (bicyclic) bond motifs is 8. The molecule has 6 N–H and O–H groups in total. The lowest BCUT2D eigenvalue weighted by Crippen LogP contribution is -2.61. The lowest BCUT2D eigenvalue weighted by molar-refractivity contribution is -0.274. The van der Waals surface area contributed by atoms with E-state index in [1.807, 2.05) is 4.90 Å². The maximum Gasteiger partial charge on any atom is 0.316 e. The van der Waals surface area contributed by atoms with Gasteiger partial charge >= 0.3 is 5.97 Å². The van der Waals surface area contributed by atoms with Gasteiger partial charge in [0.1, 0.15) is 41.0 Å². The molecule has 2 aromatic rings. The van der Waals surface area contributed by atoms with Crippen molar-refractivity contribution >= 4 is 17.5 Å². The summed E-state index contributed by atoms with van der Waals surface area (Å²) in [5.74, 6) is -5.45. The summed E-state index contributed by atoms with van der Waals surface area (Å²) in [5.41, 5.74) is -4.81. The van der Waals surface area contributed by atoms with Crippen LogP contribution in [-0.4, -0.2) is 123 Å². The third-order valence-corrected chi connectivity index (χ3v) is 11.0. The highest BCUT2D eigenvalue weighted by Crippen LogP contribution is 2.56. The smallest absolute Gasteiger partial charge is 0.316 e. The lowest BCUT2D eigenvalue weighted by atomic mass is 9.68. The number of carbonyl (C=O) groups is 3. The number of phenolic OH excluding ortho intramolecular Hbond substituents is 2. The average molecular weight is 700 g/mol. The number of aliphatic hydroxyl groups is 4. The van der Waals surface area contributed by atoms with Gasteiger partial charge in [-0.3, -0.25) is 14.4 Å². The molecule has 2 bridgehead atoms. The zero-order valence-electron chi connectivity index (χ0n) is 28.4. The highest BCUT2D eigenvalue weighted by molar-refractivity contribution is 6.31. The van der Waals surface area contributed by atoms with E-state index in [0.717, 1.165) is 7.11 Å². The van der Waals surface area contributed by atoms with Crippen LogP contribution in [0.2, 0.25) is 0 Å². The van der Waals surface area contributed by atoms with Gasteiger partial charge in [0.15, 0.2) is 12.1 Å². The maximum absolute atomic E-state index is 14.6. The second-order valence-electron chi connectivity index (χ2n) is 14.5. The number of hydrogen-bond donors (Lipinski definition) is 6. The molecule has 0 radical (unpaired) electrons. The van der Waals surface area contributed by atoms with E-state index in [1.165, 1.54) is 26.0 Å². The predicted molar refractivity (Wildman–Crippen MR) is 169 cm³/mol. The summed E-state index contributed by atoms with van der Waals surface area (Å²) in [6.45, 7) is 4.51. The van der Waals surface area contributed by atoms with Crippen LogP contribution in [0.4, 0.5) is 0 Å². The van der Waals surface area contributed by atoms with Crippen molar-refractivity contribution in [2.24, 2.45) is 0 Å². The molecule has 11 atom stereocenters. The Hall–Kier alpha value is -3.67. The van der Waals surface area contributed by atoms with Crippen molar-refractivity contribution < 1.29 is 68.7 Å². The Kier molecular flexibility index (Phi) is 8.12. The number of rotatable bonds is 4. The van der Waals surface area contributed by atoms with Gasteiger partial charge in [-0.1, -0.05) is 0 Å². The van der Waals surface area contributed by atoms with Crippen LogP contribution in [0.1, 0.15) is 101 Å². The van der Waals surface area contributed by atoms with Crippen molar-refractivity contribution in [2.75, 3.05) is 21.2 Å². The van der Waals surface area contributed by atoms with Crippen LogP contribution in [0.25, 0.3) is 0 Å². The van der Waals surface area contributed by atoms with Gasteiger partial charge in [-0.15, -0.1) is 0 Å². The number of nitrogens with zero attached hydrogens (tertiary/aromatic N) is 1. The molecule has 0 amide bonds. The van der Waals surface area contributed by atoms with Crippen LogP contribution in [-0.2, 0) is 29.3 Å². The molecule has 2 aliphatic carbocycles. The van der Waals surface area contributed by atoms with Crippen LogP contribution >= 0.6 is 0 Å². The van der Waals surface area contributed by atoms with E-state index in [1.54, 1.807) is 21.0 Å². The highest BCUT2D eigenvalue weighted by Gasteiger charge is 2.56. The molecule has 2 fully saturated rings. The summed E-state index contributed by atoms with van der Waals surface area (Å²) >= 11 is 0. The van der Waals surface area contributed by atoms with Crippen LogP contribution < -0.4 is 4.74 Å². The van der Waals surface area contributed by atoms with Crippen LogP contribution in [0, 0.1) is 0 Å². The number of aliphatic hydroxyl groups excluding tert-OH is 3. The molecule has 0 spiro atoms. The molecular formula is C35H41NO14. The second kappa shape index (κ2) is 11.7. The average Bonchev–Trinajstić information content (AvgIpc) is 3.03. The summed E-state index contributed by atoms with van der Waals surface area (Å²) in [7, 11) is 4.71. The van der Waals surface area contributed by atoms with Gasteiger partial charge in [-0.05, 0) is 52.6 Å². The SMILES string of the molecule is COC(=O)C1c2cc3c(c(O)c2C(OC2CC(O)C(O)C(C)O2)CC1(C)O)C(=O)c1c(O)cc2c(c1C3=O)OC1CC(N(C)C)C(O)C2(C)O1. The number of methoxy groups -OCH3 is 1. The number of carbonyl (C=O) groups excluding carboxylic acids is 3. The molecule has 11 unspecified atom stereocenters. The van der Waals surface area contributed by atoms with Crippen molar-refractivity contribution in [3.05, 3.63) is 51.1 Å². The van der Waals surface area contributed by atoms with Gasteiger partial charge in [0.2, 0.25) is 12.1 Å². The molecule has 3 heterocycles. The minimum Gasteiger partial charge on any atom is -0.507 e. The number of hydrogen-bond acceptors (Lipinski definition) is 15. The van der Waals surface area contributed by atoms with Gasteiger partial charge in [0, 0.05) is 42.0 Å². The molecule has 0 saturated carbocycles. The van der Waals surface area contributed by atoms with E-state index in [-0.39, 0.29) is 52.8 Å². The first kappa shape index (κ1) is 34.8. The van der Waals surface area contributed by atoms with E-state index in [9.17, 15) is 45.0 Å². The van der Waals surface area contributed by atoms with Crippen LogP contribution in [0.3, 0.4) is 0 Å². The lowest BCUT2D eigenvalue weighted by Gasteiger charge is -2.52. The summed E-state index contributed by atoms with van der Waals surface area (Å²) in [6.07, 6.45) is -7.87. The van der Waals surface area contributed by atoms with E-state index in [4.69, 9.17) is 23.7 Å². The first-order chi connectivity index (χ1) is 23.4. The van der Waals surface area contributed by atoms with E-state index in [0.29, 0.717) is 0 Å². The molecule has 0 aromatic heterocycles. The number of ketones is 2. The van der Waals surface area contributed by atoms with E-state index >= 15 is 0 Å². The van der Waals surface area contributed by atoms with Crippen molar-refractivity contribution in [3.63, 3.8) is 0 Å². The first-order valence-electron chi connectivity index (χ1n) is 16.5. The fourth-order valence-electron chi connectivity index (χ4n) is 8.38. The number of aromatic hydroxyl groups is 2. The zero-order valence-corrected chi connectivity index (χ0v) is 28.4. The summed E-state index contributed by atoms with van der Waals surface area (Å²) in [4.78, 5) is 43.9. The third kappa shape index (κ3) is 4.90. The monoisotopic (exact) mass is 699 g/mol. The maximum atomic E-state index is 14.6. The fraction of sp³-hybridized carbons (Fsp3) is 0.571. The Morgan fingerprint density at radius 3 is 2.36 bits per heavy atom. The Labute approximate surface area is 286 Å². The molecule has 2 aromatic carbocycles. The fourth-order valence-corrected chi connectivity index (χ4v) is 8.38. The van der Waals surface area contributed by atoms with Gasteiger partial charge in [-0.2, -0.15) is 0 Å². The quantitative estimate of drug-likeness (QED) is 0.208.